The molecule has 1 aliphatic heterocycles. The molecule has 1 saturated heterocycles. The fourth-order valence-corrected chi connectivity index (χ4v) is 4.46. The van der Waals surface area contributed by atoms with Gasteiger partial charge in [0.25, 0.3) is 0 Å². The first-order chi connectivity index (χ1) is 10.5. The standard InChI is InChI=1S/C15H22ClN3O2S/c1-17-15(19-10-13-7-9-22(20,21)11-13)18-8-6-12-2-4-14(16)5-3-12/h2-5,13H,6-11H2,1H3,(H2,17,18,19). The smallest absolute Gasteiger partial charge is 0.190 e. The number of halogens is 1. The lowest BCUT2D eigenvalue weighted by Crippen LogP contribution is -2.40. The van der Waals surface area contributed by atoms with Crippen LogP contribution in [0.2, 0.25) is 5.02 Å². The maximum absolute atomic E-state index is 11.4. The van der Waals surface area contributed by atoms with Gasteiger partial charge >= 0.3 is 0 Å². The molecule has 1 fully saturated rings. The molecule has 0 spiro atoms. The van der Waals surface area contributed by atoms with Crippen molar-refractivity contribution in [3.63, 3.8) is 0 Å². The van der Waals surface area contributed by atoms with E-state index in [1.807, 2.05) is 24.3 Å². The van der Waals surface area contributed by atoms with Crippen molar-refractivity contribution in [2.24, 2.45) is 10.9 Å². The summed E-state index contributed by atoms with van der Waals surface area (Å²) in [4.78, 5) is 4.15. The van der Waals surface area contributed by atoms with E-state index in [9.17, 15) is 8.42 Å². The Morgan fingerprint density at radius 2 is 2.05 bits per heavy atom. The van der Waals surface area contributed by atoms with Crippen LogP contribution in [-0.2, 0) is 16.3 Å². The number of nitrogens with one attached hydrogen (secondary N) is 2. The first-order valence-corrected chi connectivity index (χ1v) is 9.58. The van der Waals surface area contributed by atoms with Gasteiger partial charge in [-0.25, -0.2) is 8.42 Å². The molecule has 0 amide bonds. The predicted octanol–water partition coefficient (Wildman–Crippen LogP) is 1.48. The largest absolute Gasteiger partial charge is 0.356 e. The molecule has 5 nitrogen and oxygen atoms in total. The van der Waals surface area contributed by atoms with Crippen molar-refractivity contribution in [3.8, 4) is 0 Å². The maximum atomic E-state index is 11.4. The van der Waals surface area contributed by atoms with Gasteiger partial charge in [0.2, 0.25) is 0 Å². The van der Waals surface area contributed by atoms with Gasteiger partial charge < -0.3 is 10.6 Å². The maximum Gasteiger partial charge on any atom is 0.190 e. The Labute approximate surface area is 137 Å². The summed E-state index contributed by atoms with van der Waals surface area (Å²) in [6, 6.07) is 7.77. The summed E-state index contributed by atoms with van der Waals surface area (Å²) in [5, 5.41) is 7.17. The summed E-state index contributed by atoms with van der Waals surface area (Å²) in [5.41, 5.74) is 1.20. The highest BCUT2D eigenvalue weighted by molar-refractivity contribution is 7.91. The van der Waals surface area contributed by atoms with Crippen molar-refractivity contribution in [1.29, 1.82) is 0 Å². The molecule has 1 unspecified atom stereocenters. The molecule has 22 heavy (non-hydrogen) atoms. The molecule has 1 aromatic carbocycles. The zero-order valence-electron chi connectivity index (χ0n) is 12.7. The Kier molecular flexibility index (Phi) is 6.08. The second-order valence-corrected chi connectivity index (χ2v) is 8.19. The number of nitrogens with zero attached hydrogens (tertiary/aromatic N) is 1. The zero-order chi connectivity index (χ0) is 16.0. The molecule has 122 valence electrons. The van der Waals surface area contributed by atoms with Crippen molar-refractivity contribution in [2.75, 3.05) is 31.6 Å². The van der Waals surface area contributed by atoms with Crippen molar-refractivity contribution in [1.82, 2.24) is 10.6 Å². The van der Waals surface area contributed by atoms with E-state index in [1.165, 1.54) is 5.56 Å². The van der Waals surface area contributed by atoms with Gasteiger partial charge in [0.15, 0.2) is 15.8 Å². The first-order valence-electron chi connectivity index (χ1n) is 7.38. The SMILES string of the molecule is CN=C(NCCc1ccc(Cl)cc1)NCC1CCS(=O)(=O)C1. The average Bonchev–Trinajstić information content (AvgIpc) is 2.84. The fraction of sp³-hybridized carbons (Fsp3) is 0.533. The number of hydrogen-bond donors (Lipinski definition) is 2. The highest BCUT2D eigenvalue weighted by Gasteiger charge is 2.27. The lowest BCUT2D eigenvalue weighted by molar-refractivity contribution is 0.567. The van der Waals surface area contributed by atoms with Gasteiger partial charge in [-0.05, 0) is 36.5 Å². The van der Waals surface area contributed by atoms with Crippen LogP contribution in [-0.4, -0.2) is 46.0 Å². The van der Waals surface area contributed by atoms with Crippen molar-refractivity contribution in [3.05, 3.63) is 34.9 Å². The van der Waals surface area contributed by atoms with Crippen molar-refractivity contribution < 1.29 is 8.42 Å². The van der Waals surface area contributed by atoms with Gasteiger partial charge in [0.1, 0.15) is 0 Å². The molecule has 2 rings (SSSR count). The molecule has 7 heteroatoms. The normalized spacial score (nSPS) is 20.8. The van der Waals surface area contributed by atoms with Gasteiger partial charge in [0.05, 0.1) is 11.5 Å². The third-order valence-corrected chi connectivity index (χ3v) is 5.82. The minimum Gasteiger partial charge on any atom is -0.356 e. The highest BCUT2D eigenvalue weighted by atomic mass is 35.5. The molecule has 0 radical (unpaired) electrons. The quantitative estimate of drug-likeness (QED) is 0.627. The van der Waals surface area contributed by atoms with Crippen LogP contribution < -0.4 is 10.6 Å². The van der Waals surface area contributed by atoms with E-state index in [1.54, 1.807) is 7.05 Å². The van der Waals surface area contributed by atoms with E-state index in [0.717, 1.165) is 24.4 Å². The second kappa shape index (κ2) is 7.83. The van der Waals surface area contributed by atoms with Gasteiger partial charge in [-0.1, -0.05) is 23.7 Å². The lowest BCUT2D eigenvalue weighted by atomic mass is 10.1. The monoisotopic (exact) mass is 343 g/mol. The predicted molar refractivity (Wildman–Crippen MR) is 91.3 cm³/mol. The highest BCUT2D eigenvalue weighted by Crippen LogP contribution is 2.17. The summed E-state index contributed by atoms with van der Waals surface area (Å²) in [7, 11) is -1.11. The van der Waals surface area contributed by atoms with E-state index in [2.05, 4.69) is 15.6 Å². The van der Waals surface area contributed by atoms with E-state index >= 15 is 0 Å². The average molecular weight is 344 g/mol. The van der Waals surface area contributed by atoms with Crippen LogP contribution in [0.25, 0.3) is 0 Å². The molecule has 0 aromatic heterocycles. The Hall–Kier alpha value is -1.27. The third kappa shape index (κ3) is 5.50. The van der Waals surface area contributed by atoms with Gasteiger partial charge in [-0.15, -0.1) is 0 Å². The second-order valence-electron chi connectivity index (χ2n) is 5.53. The molecule has 0 aliphatic carbocycles. The summed E-state index contributed by atoms with van der Waals surface area (Å²) in [6.45, 7) is 1.39. The van der Waals surface area contributed by atoms with Crippen LogP contribution in [0.3, 0.4) is 0 Å². The Bertz CT molecular complexity index is 614. The molecule has 1 atom stereocenters. The third-order valence-electron chi connectivity index (χ3n) is 3.73. The fourth-order valence-electron chi connectivity index (χ4n) is 2.47. The van der Waals surface area contributed by atoms with Crippen LogP contribution in [0, 0.1) is 5.92 Å². The van der Waals surface area contributed by atoms with E-state index < -0.39 is 9.84 Å². The Morgan fingerprint density at radius 1 is 1.32 bits per heavy atom. The van der Waals surface area contributed by atoms with Crippen molar-refractivity contribution >= 4 is 27.4 Å². The molecule has 1 aliphatic rings. The number of hydrogen-bond acceptors (Lipinski definition) is 3. The number of guanidine groups is 1. The summed E-state index contributed by atoms with van der Waals surface area (Å²) >= 11 is 5.85. The number of rotatable bonds is 5. The summed E-state index contributed by atoms with van der Waals surface area (Å²) < 4.78 is 22.9. The molecule has 1 aromatic rings. The van der Waals surface area contributed by atoms with Crippen LogP contribution in [0.15, 0.2) is 29.3 Å². The summed E-state index contributed by atoms with van der Waals surface area (Å²) in [6.07, 6.45) is 1.60. The molecule has 1 heterocycles. The van der Waals surface area contributed by atoms with Crippen LogP contribution in [0.1, 0.15) is 12.0 Å². The van der Waals surface area contributed by atoms with Crippen LogP contribution in [0.5, 0.6) is 0 Å². The summed E-state index contributed by atoms with van der Waals surface area (Å²) in [5.74, 6) is 1.47. The van der Waals surface area contributed by atoms with E-state index in [4.69, 9.17) is 11.6 Å². The number of benzene rings is 1. The number of aliphatic imine (C=N–C) groups is 1. The van der Waals surface area contributed by atoms with Crippen LogP contribution >= 0.6 is 11.6 Å². The number of sulfone groups is 1. The first kappa shape index (κ1) is 17.1. The van der Waals surface area contributed by atoms with Gasteiger partial charge in [0, 0.05) is 25.2 Å². The Balaban J connectivity index is 1.70. The van der Waals surface area contributed by atoms with E-state index in [-0.39, 0.29) is 11.7 Å². The minimum atomic E-state index is -2.82. The van der Waals surface area contributed by atoms with Gasteiger partial charge in [-0.2, -0.15) is 0 Å². The molecular weight excluding hydrogens is 322 g/mol. The van der Waals surface area contributed by atoms with Crippen molar-refractivity contribution in [2.45, 2.75) is 12.8 Å². The minimum absolute atomic E-state index is 0.180. The lowest BCUT2D eigenvalue weighted by Gasteiger charge is -2.14. The van der Waals surface area contributed by atoms with Gasteiger partial charge in [-0.3, -0.25) is 4.99 Å². The molecule has 0 saturated carbocycles. The molecular formula is C15H22ClN3O2S. The van der Waals surface area contributed by atoms with E-state index in [0.29, 0.717) is 18.3 Å². The zero-order valence-corrected chi connectivity index (χ0v) is 14.3. The molecule has 2 N–H and O–H groups in total. The Morgan fingerprint density at radius 3 is 2.64 bits per heavy atom. The van der Waals surface area contributed by atoms with Crippen LogP contribution in [0.4, 0.5) is 0 Å². The molecule has 0 bridgehead atoms. The topological polar surface area (TPSA) is 70.6 Å².